The van der Waals surface area contributed by atoms with Gasteiger partial charge >= 0.3 is 0 Å². The molecule has 0 aliphatic carbocycles. The molecule has 0 bridgehead atoms. The molecule has 0 amide bonds. The lowest BCUT2D eigenvalue weighted by Crippen LogP contribution is -2.21. The molecule has 0 radical (unpaired) electrons. The van der Waals surface area contributed by atoms with Gasteiger partial charge in [0, 0.05) is 11.1 Å². The third-order valence-corrected chi connectivity index (χ3v) is 3.38. The molecule has 0 aliphatic rings. The van der Waals surface area contributed by atoms with Crippen LogP contribution in [0.1, 0.15) is 20.7 Å². The van der Waals surface area contributed by atoms with Crippen LogP contribution in [0.2, 0.25) is 0 Å². The molecular weight excluding hydrogens is 328 g/mol. The maximum atomic E-state index is 12.2. The van der Waals surface area contributed by atoms with E-state index in [2.05, 4.69) is 0 Å². The summed E-state index contributed by atoms with van der Waals surface area (Å²) in [5.74, 6) is -1.10. The van der Waals surface area contributed by atoms with Crippen LogP contribution in [0.15, 0.2) is 36.4 Å². The van der Waals surface area contributed by atoms with Crippen molar-refractivity contribution in [2.24, 2.45) is 0 Å². The maximum absolute atomic E-state index is 12.2. The zero-order valence-corrected chi connectivity index (χ0v) is 13.6. The van der Waals surface area contributed by atoms with Gasteiger partial charge in [-0.2, -0.15) is 0 Å². The summed E-state index contributed by atoms with van der Waals surface area (Å²) >= 11 is 0. The van der Waals surface area contributed by atoms with Gasteiger partial charge in [0.2, 0.25) is 11.6 Å². The summed E-state index contributed by atoms with van der Waals surface area (Å²) in [6.45, 7) is -0.501. The van der Waals surface area contributed by atoms with Crippen molar-refractivity contribution in [2.75, 3.05) is 20.8 Å². The van der Waals surface area contributed by atoms with Crippen molar-refractivity contribution in [3.05, 3.63) is 47.5 Å². The normalized spacial score (nSPS) is 10.0. The molecule has 0 saturated carbocycles. The zero-order valence-electron chi connectivity index (χ0n) is 13.6. The third kappa shape index (κ3) is 4.14. The van der Waals surface area contributed by atoms with Crippen molar-refractivity contribution in [1.82, 2.24) is 0 Å². The van der Waals surface area contributed by atoms with Crippen molar-refractivity contribution in [2.45, 2.75) is 0 Å². The number of carbonyl (C=O) groups excluding carboxylic acids is 3. The maximum Gasteiger partial charge on any atom is 0.240 e. The number of rotatable bonds is 8. The van der Waals surface area contributed by atoms with Crippen LogP contribution in [0.5, 0.6) is 23.0 Å². The molecule has 0 saturated heterocycles. The van der Waals surface area contributed by atoms with Gasteiger partial charge in [0.15, 0.2) is 29.6 Å². The van der Waals surface area contributed by atoms with Crippen LogP contribution in [-0.2, 0) is 4.79 Å². The number of methoxy groups -OCH3 is 2. The van der Waals surface area contributed by atoms with E-state index in [0.29, 0.717) is 11.8 Å². The second kappa shape index (κ2) is 7.96. The topological polar surface area (TPSA) is 99.1 Å². The largest absolute Gasteiger partial charge is 0.504 e. The third-order valence-electron chi connectivity index (χ3n) is 3.38. The van der Waals surface area contributed by atoms with Gasteiger partial charge in [-0.15, -0.1) is 0 Å². The van der Waals surface area contributed by atoms with Gasteiger partial charge < -0.3 is 19.3 Å². The number of ether oxygens (including phenoxy) is 3. The Morgan fingerprint density at radius 1 is 1.00 bits per heavy atom. The number of Topliss-reactive ketones (excluding diaryl/α,β-unsaturated/α-hetero) is 2. The predicted octanol–water partition coefficient (Wildman–Crippen LogP) is 2.05. The van der Waals surface area contributed by atoms with Crippen LogP contribution in [0.3, 0.4) is 0 Å². The van der Waals surface area contributed by atoms with E-state index in [9.17, 15) is 19.5 Å². The van der Waals surface area contributed by atoms with Crippen LogP contribution in [-0.4, -0.2) is 43.8 Å². The Labute approximate surface area is 143 Å². The van der Waals surface area contributed by atoms with E-state index in [0.717, 1.165) is 0 Å². The molecule has 25 heavy (non-hydrogen) atoms. The molecule has 1 N–H and O–H groups in total. The lowest BCUT2D eigenvalue weighted by Gasteiger charge is -2.10. The van der Waals surface area contributed by atoms with Gasteiger partial charge in [-0.1, -0.05) is 0 Å². The summed E-state index contributed by atoms with van der Waals surface area (Å²) in [7, 11) is 2.73. The van der Waals surface area contributed by atoms with Crippen LogP contribution in [0.4, 0.5) is 0 Å². The predicted molar refractivity (Wildman–Crippen MR) is 87.9 cm³/mol. The Kier molecular flexibility index (Phi) is 5.73. The van der Waals surface area contributed by atoms with Crippen LogP contribution < -0.4 is 14.2 Å². The minimum Gasteiger partial charge on any atom is -0.504 e. The first-order chi connectivity index (χ1) is 12.0. The molecule has 2 aromatic rings. The van der Waals surface area contributed by atoms with E-state index in [1.165, 1.54) is 50.6 Å². The van der Waals surface area contributed by atoms with E-state index in [-0.39, 0.29) is 28.6 Å². The summed E-state index contributed by atoms with van der Waals surface area (Å²) < 4.78 is 15.3. The molecule has 0 spiro atoms. The molecule has 7 heteroatoms. The van der Waals surface area contributed by atoms with Gasteiger partial charge in [0.1, 0.15) is 6.29 Å². The minimum absolute atomic E-state index is 0.0755. The molecule has 0 aliphatic heterocycles. The average molecular weight is 344 g/mol. The standard InChI is InChI=1S/C18H16O7/c1-23-16-8-12(4-5-13(16)20)18(22)14(21)10-25-15-6-3-11(9-19)7-17(15)24-2/h3-9,20H,10H2,1-2H3. The van der Waals surface area contributed by atoms with Crippen molar-refractivity contribution in [3.63, 3.8) is 0 Å². The van der Waals surface area contributed by atoms with E-state index >= 15 is 0 Å². The summed E-state index contributed by atoms with van der Waals surface area (Å²) in [6, 6.07) is 8.29. The molecule has 130 valence electrons. The highest BCUT2D eigenvalue weighted by molar-refractivity contribution is 6.44. The Bertz CT molecular complexity index is 811. The second-order valence-electron chi connectivity index (χ2n) is 4.96. The Hall–Kier alpha value is -3.35. The van der Waals surface area contributed by atoms with Crippen molar-refractivity contribution >= 4 is 17.9 Å². The molecule has 0 fully saturated rings. The fourth-order valence-corrected chi connectivity index (χ4v) is 2.07. The fraction of sp³-hybridized carbons (Fsp3) is 0.167. The zero-order chi connectivity index (χ0) is 18.4. The number of ketones is 2. The quantitative estimate of drug-likeness (QED) is 0.444. The highest BCUT2D eigenvalue weighted by atomic mass is 16.5. The monoisotopic (exact) mass is 344 g/mol. The highest BCUT2D eigenvalue weighted by Crippen LogP contribution is 2.28. The van der Waals surface area contributed by atoms with Gasteiger partial charge in [0.05, 0.1) is 14.2 Å². The van der Waals surface area contributed by atoms with E-state index in [1.54, 1.807) is 0 Å². The molecule has 0 aromatic heterocycles. The lowest BCUT2D eigenvalue weighted by molar-refractivity contribution is -0.117. The fourth-order valence-electron chi connectivity index (χ4n) is 2.07. The van der Waals surface area contributed by atoms with Gasteiger partial charge in [-0.3, -0.25) is 14.4 Å². The van der Waals surface area contributed by atoms with E-state index in [1.807, 2.05) is 0 Å². The van der Waals surface area contributed by atoms with Gasteiger partial charge in [-0.25, -0.2) is 0 Å². The number of phenolic OH excluding ortho intramolecular Hbond substituents is 1. The Balaban J connectivity index is 2.10. The van der Waals surface area contributed by atoms with E-state index < -0.39 is 18.2 Å². The molecule has 2 rings (SSSR count). The first kappa shape index (κ1) is 18.0. The van der Waals surface area contributed by atoms with Crippen molar-refractivity contribution < 1.29 is 33.7 Å². The molecule has 0 heterocycles. The lowest BCUT2D eigenvalue weighted by atomic mass is 10.1. The van der Waals surface area contributed by atoms with Crippen molar-refractivity contribution in [3.8, 4) is 23.0 Å². The highest BCUT2D eigenvalue weighted by Gasteiger charge is 2.19. The number of carbonyl (C=O) groups is 3. The average Bonchev–Trinajstić information content (AvgIpc) is 2.65. The first-order valence-electron chi connectivity index (χ1n) is 7.20. The smallest absolute Gasteiger partial charge is 0.240 e. The summed E-state index contributed by atoms with van der Waals surface area (Å²) in [5, 5.41) is 9.52. The summed E-state index contributed by atoms with van der Waals surface area (Å²) in [6.07, 6.45) is 0.652. The number of hydrogen-bond acceptors (Lipinski definition) is 7. The minimum atomic E-state index is -0.783. The molecular formula is C18H16O7. The van der Waals surface area contributed by atoms with Crippen molar-refractivity contribution in [1.29, 1.82) is 0 Å². The number of phenols is 1. The second-order valence-corrected chi connectivity index (χ2v) is 4.96. The SMILES string of the molecule is COc1cc(C(=O)C(=O)COc2ccc(C=O)cc2OC)ccc1O. The van der Waals surface area contributed by atoms with Crippen LogP contribution >= 0.6 is 0 Å². The van der Waals surface area contributed by atoms with Gasteiger partial charge in [-0.05, 0) is 36.4 Å². The molecule has 2 aromatic carbocycles. The van der Waals surface area contributed by atoms with Gasteiger partial charge in [0.25, 0.3) is 0 Å². The molecule has 0 atom stereocenters. The van der Waals surface area contributed by atoms with Crippen LogP contribution in [0, 0.1) is 0 Å². The Morgan fingerprint density at radius 2 is 1.72 bits per heavy atom. The number of aromatic hydroxyl groups is 1. The number of hydrogen-bond donors (Lipinski definition) is 1. The molecule has 0 unspecified atom stereocenters. The summed E-state index contributed by atoms with van der Waals surface area (Å²) in [4.78, 5) is 35.0. The summed E-state index contributed by atoms with van der Waals surface area (Å²) in [5.41, 5.74) is 0.467. The number of aldehydes is 1. The first-order valence-corrected chi connectivity index (χ1v) is 7.20. The van der Waals surface area contributed by atoms with E-state index in [4.69, 9.17) is 14.2 Å². The van der Waals surface area contributed by atoms with Crippen LogP contribution in [0.25, 0.3) is 0 Å². The molecule has 7 nitrogen and oxygen atoms in total. The number of benzene rings is 2. The Morgan fingerprint density at radius 3 is 2.36 bits per heavy atom.